The van der Waals surface area contributed by atoms with E-state index in [0.29, 0.717) is 62.7 Å². The van der Waals surface area contributed by atoms with Gasteiger partial charge in [0.2, 0.25) is 0 Å². The van der Waals surface area contributed by atoms with E-state index in [-0.39, 0.29) is 29.9 Å². The lowest BCUT2D eigenvalue weighted by molar-refractivity contribution is -0.147. The lowest BCUT2D eigenvalue weighted by Crippen LogP contribution is -2.33. The van der Waals surface area contributed by atoms with Crippen LogP contribution in [0, 0.1) is 34.5 Å². The molecule has 3 aliphatic carbocycles. The van der Waals surface area contributed by atoms with Crippen LogP contribution in [0.1, 0.15) is 88.2 Å². The zero-order chi connectivity index (χ0) is 37.9. The lowest BCUT2D eigenvalue weighted by atomic mass is 9.67. The van der Waals surface area contributed by atoms with Crippen molar-refractivity contribution in [1.82, 2.24) is 0 Å². The molecule has 2 aromatic carbocycles. The van der Waals surface area contributed by atoms with Gasteiger partial charge in [-0.25, -0.2) is 0 Å². The van der Waals surface area contributed by atoms with Gasteiger partial charge in [0.05, 0.1) is 62.2 Å². The van der Waals surface area contributed by atoms with Crippen LogP contribution >= 0.6 is 0 Å². The van der Waals surface area contributed by atoms with E-state index in [2.05, 4.69) is 21.6 Å². The third-order valence-electron chi connectivity index (χ3n) is 10.4. The van der Waals surface area contributed by atoms with Crippen LogP contribution in [-0.2, 0) is 29.9 Å². The number of methoxy groups -OCH3 is 3. The van der Waals surface area contributed by atoms with Crippen molar-refractivity contribution in [3.8, 4) is 35.1 Å². The first-order valence-corrected chi connectivity index (χ1v) is 17.3. The Labute approximate surface area is 300 Å². The molecule has 0 saturated heterocycles. The molecule has 0 spiro atoms. The molecule has 0 unspecified atom stereocenters. The molecule has 0 radical (unpaired) electrons. The summed E-state index contributed by atoms with van der Waals surface area (Å²) in [5, 5.41) is 19.6. The fourth-order valence-corrected chi connectivity index (χ4v) is 7.40. The molecule has 14 heteroatoms. The fraction of sp³-hybridized carbons (Fsp3) is 0.579. The van der Waals surface area contributed by atoms with Crippen molar-refractivity contribution in [2.45, 2.75) is 107 Å². The highest BCUT2D eigenvalue weighted by molar-refractivity contribution is 5.73. The summed E-state index contributed by atoms with van der Waals surface area (Å²) in [7, 11) is 4.34. The van der Waals surface area contributed by atoms with Crippen LogP contribution in [0.4, 0.5) is 17.6 Å². The van der Waals surface area contributed by atoms with Gasteiger partial charge in [-0.05, 0) is 112 Å². The molecule has 3 aliphatic rings. The van der Waals surface area contributed by atoms with Crippen molar-refractivity contribution in [3.05, 3.63) is 47.5 Å². The number of halogens is 4. The molecule has 10 nitrogen and oxygen atoms in total. The lowest BCUT2D eigenvalue weighted by Gasteiger charge is -2.34. The van der Waals surface area contributed by atoms with E-state index in [1.807, 2.05) is 18.2 Å². The van der Waals surface area contributed by atoms with Crippen LogP contribution in [0.25, 0.3) is 0 Å². The topological polar surface area (TPSA) is 137 Å². The van der Waals surface area contributed by atoms with Crippen molar-refractivity contribution >= 4 is 11.9 Å². The maximum atomic E-state index is 12.6. The van der Waals surface area contributed by atoms with Crippen LogP contribution in [0.3, 0.4) is 0 Å². The van der Waals surface area contributed by atoms with Gasteiger partial charge in [-0.1, -0.05) is 12.1 Å². The fourth-order valence-electron chi connectivity index (χ4n) is 7.40. The molecule has 0 amide bonds. The van der Waals surface area contributed by atoms with Crippen molar-refractivity contribution in [1.29, 1.82) is 10.5 Å². The quantitative estimate of drug-likeness (QED) is 0.164. The maximum absolute atomic E-state index is 12.6. The van der Waals surface area contributed by atoms with Crippen molar-refractivity contribution in [2.75, 3.05) is 21.3 Å². The molecule has 0 aliphatic heterocycles. The van der Waals surface area contributed by atoms with Crippen molar-refractivity contribution in [3.63, 3.8) is 0 Å². The van der Waals surface area contributed by atoms with Gasteiger partial charge in [0.25, 0.3) is 0 Å². The highest BCUT2D eigenvalue weighted by Gasteiger charge is 2.41. The molecule has 0 atom stereocenters. The Morgan fingerprint density at radius 2 is 1.08 bits per heavy atom. The first-order valence-electron chi connectivity index (χ1n) is 17.3. The van der Waals surface area contributed by atoms with Crippen LogP contribution in [0.15, 0.2) is 36.4 Å². The molecule has 0 bridgehead atoms. The van der Waals surface area contributed by atoms with Gasteiger partial charge in [-0.3, -0.25) is 9.59 Å². The zero-order valence-corrected chi connectivity index (χ0v) is 29.5. The normalized spacial score (nSPS) is 24.4. The average molecular weight is 733 g/mol. The first kappa shape index (κ1) is 40.1. The monoisotopic (exact) mass is 732 g/mol. The molecule has 52 heavy (non-hydrogen) atoms. The van der Waals surface area contributed by atoms with Gasteiger partial charge in [0, 0.05) is 0 Å². The molecule has 2 aromatic rings. The Kier molecular flexibility index (Phi) is 14.0. The summed E-state index contributed by atoms with van der Waals surface area (Å²) >= 11 is 0. The van der Waals surface area contributed by atoms with Crippen molar-refractivity contribution in [2.24, 2.45) is 11.8 Å². The van der Waals surface area contributed by atoms with Gasteiger partial charge >= 0.3 is 25.2 Å². The van der Waals surface area contributed by atoms with Gasteiger partial charge in [0.1, 0.15) is 0 Å². The smallest absolute Gasteiger partial charge is 0.387 e. The minimum Gasteiger partial charge on any atom is -0.493 e. The molecule has 0 aromatic heterocycles. The molecule has 0 heterocycles. The predicted molar refractivity (Wildman–Crippen MR) is 178 cm³/mol. The zero-order valence-electron chi connectivity index (χ0n) is 29.5. The number of ether oxygens (including phenoxy) is 6. The highest BCUT2D eigenvalue weighted by Crippen LogP contribution is 2.46. The number of nitrogens with zero attached hydrogens (tertiary/aromatic N) is 2. The standard InChI is InChI=1S/C21H27NO4.C17H17F4NO4/c1-24-18-8-7-16(13-19(18)26-17-5-3-4-6-17)21(14-22)11-9-15(10-12-21)20(23)25-2;1-24-14(23)10-4-6-17(9-22,7-5-10)11-2-3-12(25-15(18)19)13(8-11)26-16(20)21/h7-8,13,15,17H,3-6,9-12H2,1-2H3;2-3,8,10,15-16H,4-7H2,1H3. The molecular formula is C38H44F4N2O8. The van der Waals surface area contributed by atoms with Crippen molar-refractivity contribution < 1.29 is 55.6 Å². The molecule has 3 fully saturated rings. The van der Waals surface area contributed by atoms with E-state index in [0.717, 1.165) is 36.3 Å². The number of benzene rings is 2. The summed E-state index contributed by atoms with van der Waals surface area (Å²) in [5.74, 6) is -0.648. The van der Waals surface area contributed by atoms with Crippen LogP contribution in [0.2, 0.25) is 0 Å². The van der Waals surface area contributed by atoms with E-state index in [1.165, 1.54) is 33.1 Å². The molecule has 3 saturated carbocycles. The number of nitriles is 2. The van der Waals surface area contributed by atoms with Crippen LogP contribution in [0.5, 0.6) is 23.0 Å². The highest BCUT2D eigenvalue weighted by atomic mass is 19.3. The Morgan fingerprint density at radius 3 is 1.48 bits per heavy atom. The Bertz CT molecular complexity index is 1600. The number of esters is 2. The summed E-state index contributed by atoms with van der Waals surface area (Å²) in [4.78, 5) is 23.4. The Hall–Kier alpha value is -4.72. The summed E-state index contributed by atoms with van der Waals surface area (Å²) < 4.78 is 79.7. The molecule has 282 valence electrons. The number of rotatable bonds is 11. The Morgan fingerprint density at radius 1 is 0.654 bits per heavy atom. The van der Waals surface area contributed by atoms with Gasteiger partial charge in [-0.2, -0.15) is 28.1 Å². The van der Waals surface area contributed by atoms with Crippen LogP contribution < -0.4 is 18.9 Å². The number of hydrogen-bond acceptors (Lipinski definition) is 10. The molecule has 0 N–H and O–H groups in total. The van der Waals surface area contributed by atoms with E-state index in [4.69, 9.17) is 18.9 Å². The number of carbonyl (C=O) groups excluding carboxylic acids is 2. The summed E-state index contributed by atoms with van der Waals surface area (Å²) in [6.07, 6.45) is 8.78. The second-order valence-corrected chi connectivity index (χ2v) is 13.3. The summed E-state index contributed by atoms with van der Waals surface area (Å²) in [6.45, 7) is -6.44. The SMILES string of the molecule is COC(=O)C1CCC(C#N)(c2ccc(OC(F)F)c(OC(F)F)c2)CC1.COC(=O)C1CCC(C#N)(c2ccc(OC)c(OC3CCCC3)c2)CC1. The van der Waals surface area contributed by atoms with Gasteiger partial charge in [0.15, 0.2) is 23.0 Å². The first-order chi connectivity index (χ1) is 24.9. The van der Waals surface area contributed by atoms with E-state index < -0.39 is 35.6 Å². The van der Waals surface area contributed by atoms with Gasteiger partial charge < -0.3 is 28.4 Å². The number of hydrogen-bond donors (Lipinski definition) is 0. The number of carbonyl (C=O) groups is 2. The second kappa shape index (κ2) is 18.2. The third kappa shape index (κ3) is 9.58. The molecule has 5 rings (SSSR count). The largest absolute Gasteiger partial charge is 0.493 e. The van der Waals surface area contributed by atoms with E-state index >= 15 is 0 Å². The molecular weight excluding hydrogens is 688 g/mol. The second-order valence-electron chi connectivity index (χ2n) is 13.3. The summed E-state index contributed by atoms with van der Waals surface area (Å²) in [6, 6.07) is 14.1. The minimum atomic E-state index is -3.24. The minimum absolute atomic E-state index is 0.103. The maximum Gasteiger partial charge on any atom is 0.387 e. The van der Waals surface area contributed by atoms with E-state index in [9.17, 15) is 37.7 Å². The summed E-state index contributed by atoms with van der Waals surface area (Å²) in [5.41, 5.74) is -0.309. The number of alkyl halides is 4. The average Bonchev–Trinajstić information content (AvgIpc) is 3.68. The van der Waals surface area contributed by atoms with Gasteiger partial charge in [-0.15, -0.1) is 0 Å². The Balaban J connectivity index is 0.000000233. The van der Waals surface area contributed by atoms with E-state index in [1.54, 1.807) is 7.11 Å². The third-order valence-corrected chi connectivity index (χ3v) is 10.4. The predicted octanol–water partition coefficient (Wildman–Crippen LogP) is 8.16. The van der Waals surface area contributed by atoms with Crippen LogP contribution in [-0.4, -0.2) is 52.6 Å².